The Hall–Kier alpha value is -3.40. The zero-order valence-electron chi connectivity index (χ0n) is 24.3. The predicted molar refractivity (Wildman–Crippen MR) is 150 cm³/mol. The molecular weight excluding hydrogens is 452 g/mol. The van der Waals surface area contributed by atoms with Crippen LogP contribution in [0, 0.1) is 27.7 Å². The Morgan fingerprint density at radius 3 is 1.38 bits per heavy atom. The van der Waals surface area contributed by atoms with Gasteiger partial charge in [0.1, 0.15) is 0 Å². The topological polar surface area (TPSA) is 15.9 Å². The third kappa shape index (κ3) is 1.74. The van der Waals surface area contributed by atoms with Gasteiger partial charge in [0.15, 0.2) is 0 Å². The van der Waals surface area contributed by atoms with Crippen molar-refractivity contribution in [3.63, 3.8) is 0 Å². The van der Waals surface area contributed by atoms with Gasteiger partial charge in [0.05, 0.1) is 27.7 Å². The van der Waals surface area contributed by atoms with Gasteiger partial charge in [-0.3, -0.25) is 0 Å². The van der Waals surface area contributed by atoms with Gasteiger partial charge in [-0.15, -0.1) is 0 Å². The maximum absolute atomic E-state index is 2.73. The molecule has 6 aliphatic heterocycles. The van der Waals surface area contributed by atoms with Crippen LogP contribution in [0.15, 0.2) is 39.3 Å². The lowest BCUT2D eigenvalue weighted by Crippen LogP contribution is -2.71. The van der Waals surface area contributed by atoms with E-state index < -0.39 is 5.91 Å². The van der Waals surface area contributed by atoms with E-state index in [9.17, 15) is 0 Å². The standard InChI is InChI=1S/C33H36N4/c1-13-14(2)26-22(10)28-17(5)18(6)30-24(12)32-20(8)19(7)31-23(11)29-16(4)15(3)27-21(9)25(13)34(26)33(35(27)29,36(28)30)37(31)32/h1-12H3/q+2. The molecule has 0 aliphatic carbocycles. The Morgan fingerprint density at radius 2 is 0.838 bits per heavy atom. The Bertz CT molecular complexity index is 2010. The van der Waals surface area contributed by atoms with E-state index >= 15 is 0 Å². The summed E-state index contributed by atoms with van der Waals surface area (Å²) >= 11 is 0. The summed E-state index contributed by atoms with van der Waals surface area (Å²) in [6.45, 7) is 28.1. The fourth-order valence-corrected chi connectivity index (χ4v) is 9.05. The number of rotatable bonds is 0. The van der Waals surface area contributed by atoms with Gasteiger partial charge in [-0.1, -0.05) is 9.15 Å². The number of allylic oxidation sites excluding steroid dienone is 6. The minimum absolute atomic E-state index is 0.543. The van der Waals surface area contributed by atoms with Crippen LogP contribution in [0.2, 0.25) is 0 Å². The molecule has 1 spiro atoms. The van der Waals surface area contributed by atoms with E-state index in [-0.39, 0.29) is 0 Å². The molecule has 186 valence electrons. The molecule has 2 aromatic heterocycles. The fourth-order valence-electron chi connectivity index (χ4n) is 9.05. The molecule has 0 N–H and O–H groups in total. The van der Waals surface area contributed by atoms with Gasteiger partial charge in [0.2, 0.25) is 22.8 Å². The number of nitrogens with zero attached hydrogens (tertiary/aromatic N) is 4. The monoisotopic (exact) mass is 488 g/mol. The fraction of sp³-hybridized carbons (Fsp3) is 0.394. The molecule has 0 bridgehead atoms. The summed E-state index contributed by atoms with van der Waals surface area (Å²) in [5.74, 6) is -0.543. The Morgan fingerprint density at radius 1 is 0.405 bits per heavy atom. The van der Waals surface area contributed by atoms with E-state index in [0.29, 0.717) is 0 Å². The average molecular weight is 489 g/mol. The van der Waals surface area contributed by atoms with Crippen LogP contribution in [0.3, 0.4) is 0 Å². The molecule has 4 heteroatoms. The van der Waals surface area contributed by atoms with Gasteiger partial charge in [0.25, 0.3) is 0 Å². The first-order chi connectivity index (χ1) is 17.4. The van der Waals surface area contributed by atoms with Gasteiger partial charge in [-0.25, -0.2) is 0 Å². The SMILES string of the molecule is CC1=C(C)C2=[N+]3C1=C(C)C1=[N+]4C(=C(C)c5c(C)c(C)c6n5C43n3c(c(C)c(C)c3=C6C)=C2C)C(C)=C1C. The van der Waals surface area contributed by atoms with Crippen LogP contribution in [-0.2, 0) is 5.91 Å². The molecule has 0 fully saturated rings. The predicted octanol–water partition coefficient (Wildman–Crippen LogP) is 5.00. The maximum Gasteiger partial charge on any atom is 0.553 e. The first-order valence-electron chi connectivity index (χ1n) is 13.7. The highest BCUT2D eigenvalue weighted by molar-refractivity contribution is 6.26. The number of aromatic nitrogens is 2. The van der Waals surface area contributed by atoms with Crippen LogP contribution < -0.4 is 10.7 Å². The third-order valence-corrected chi connectivity index (χ3v) is 10.9. The molecule has 0 radical (unpaired) electrons. The van der Waals surface area contributed by atoms with Crippen LogP contribution in [0.4, 0.5) is 0 Å². The number of hydrogen-bond donors (Lipinski definition) is 0. The molecule has 4 nitrogen and oxygen atoms in total. The van der Waals surface area contributed by atoms with Crippen molar-refractivity contribution in [1.82, 2.24) is 9.13 Å². The van der Waals surface area contributed by atoms with Crippen LogP contribution in [-0.4, -0.2) is 29.7 Å². The first-order valence-corrected chi connectivity index (χ1v) is 13.7. The summed E-state index contributed by atoms with van der Waals surface area (Å²) in [5, 5.41) is 2.79. The molecule has 2 aromatic rings. The summed E-state index contributed by atoms with van der Waals surface area (Å²) in [5.41, 5.74) is 25.3. The van der Waals surface area contributed by atoms with E-state index in [2.05, 4.69) is 101 Å². The molecule has 0 saturated carbocycles. The Balaban J connectivity index is 1.82. The Labute approximate surface area is 218 Å². The van der Waals surface area contributed by atoms with Crippen molar-refractivity contribution in [3.8, 4) is 0 Å². The van der Waals surface area contributed by atoms with E-state index in [1.807, 2.05) is 0 Å². The highest BCUT2D eigenvalue weighted by Gasteiger charge is 2.74. The molecule has 6 aliphatic rings. The zero-order valence-corrected chi connectivity index (χ0v) is 24.3. The summed E-state index contributed by atoms with van der Waals surface area (Å²) in [6.07, 6.45) is 0. The molecular formula is C33H36N4+2. The van der Waals surface area contributed by atoms with Gasteiger partial charge < -0.3 is 0 Å². The second-order valence-corrected chi connectivity index (χ2v) is 12.2. The second-order valence-electron chi connectivity index (χ2n) is 12.2. The van der Waals surface area contributed by atoms with Crippen molar-refractivity contribution in [2.75, 3.05) is 0 Å². The maximum atomic E-state index is 2.73. The van der Waals surface area contributed by atoms with Crippen molar-refractivity contribution in [2.45, 2.75) is 89.0 Å². The smallest absolute Gasteiger partial charge is 0.198 e. The van der Waals surface area contributed by atoms with Gasteiger partial charge in [0, 0.05) is 33.4 Å². The van der Waals surface area contributed by atoms with Crippen LogP contribution >= 0.6 is 0 Å². The summed E-state index contributed by atoms with van der Waals surface area (Å²) in [7, 11) is 0. The first kappa shape index (κ1) is 21.7. The van der Waals surface area contributed by atoms with Gasteiger partial charge in [-0.05, 0) is 111 Å². The largest absolute Gasteiger partial charge is 0.553 e. The van der Waals surface area contributed by atoms with Crippen LogP contribution in [0.5, 0.6) is 0 Å². The zero-order chi connectivity index (χ0) is 26.4. The van der Waals surface area contributed by atoms with Crippen molar-refractivity contribution >= 4 is 28.1 Å². The average Bonchev–Trinajstić information content (AvgIpc) is 3.48. The van der Waals surface area contributed by atoms with Gasteiger partial charge in [-0.2, -0.15) is 9.13 Å². The summed E-state index contributed by atoms with van der Waals surface area (Å²) in [4.78, 5) is 0. The van der Waals surface area contributed by atoms with E-state index in [4.69, 9.17) is 0 Å². The van der Waals surface area contributed by atoms with E-state index in [1.54, 1.807) is 0 Å². The van der Waals surface area contributed by atoms with Crippen molar-refractivity contribution < 1.29 is 9.15 Å². The quantitative estimate of drug-likeness (QED) is 0.464. The highest BCUT2D eigenvalue weighted by atomic mass is 15.6. The van der Waals surface area contributed by atoms with Crippen molar-refractivity contribution in [3.05, 3.63) is 83.6 Å². The van der Waals surface area contributed by atoms with E-state index in [1.165, 1.54) is 112 Å². The minimum atomic E-state index is -0.543. The molecule has 37 heavy (non-hydrogen) atoms. The molecule has 8 heterocycles. The second kappa shape index (κ2) is 5.85. The van der Waals surface area contributed by atoms with Crippen molar-refractivity contribution in [2.24, 2.45) is 0 Å². The van der Waals surface area contributed by atoms with Crippen molar-refractivity contribution in [1.29, 1.82) is 0 Å². The lowest BCUT2D eigenvalue weighted by Gasteiger charge is -2.41. The van der Waals surface area contributed by atoms with Crippen LogP contribution in [0.1, 0.15) is 89.0 Å². The minimum Gasteiger partial charge on any atom is -0.198 e. The lowest BCUT2D eigenvalue weighted by atomic mass is 9.96. The van der Waals surface area contributed by atoms with E-state index in [0.717, 1.165) is 0 Å². The van der Waals surface area contributed by atoms with Gasteiger partial charge >= 0.3 is 5.91 Å². The molecule has 0 saturated heterocycles. The molecule has 1 atom stereocenters. The Kier molecular flexibility index (Phi) is 3.42. The lowest BCUT2D eigenvalue weighted by molar-refractivity contribution is -0.838. The van der Waals surface area contributed by atoms with Crippen LogP contribution in [0.25, 0.3) is 16.7 Å². The molecule has 0 aromatic carbocycles. The highest BCUT2D eigenvalue weighted by Crippen LogP contribution is 2.54. The molecule has 8 rings (SSSR count). The number of hydrogen-bond acceptors (Lipinski definition) is 0. The summed E-state index contributed by atoms with van der Waals surface area (Å²) < 4.78 is 10.9. The molecule has 1 unspecified atom stereocenters. The summed E-state index contributed by atoms with van der Waals surface area (Å²) in [6, 6.07) is 0. The normalized spacial score (nSPS) is 24.6. The third-order valence-electron chi connectivity index (χ3n) is 10.9. The molecule has 0 amide bonds.